The van der Waals surface area contributed by atoms with Crippen molar-refractivity contribution in [3.8, 4) is 5.75 Å². The largest absolute Gasteiger partial charge is 0.482 e. The second-order valence-corrected chi connectivity index (χ2v) is 8.96. The van der Waals surface area contributed by atoms with Crippen molar-refractivity contribution in [3.05, 3.63) is 88.9 Å². The van der Waals surface area contributed by atoms with Crippen molar-refractivity contribution >= 4 is 33.2 Å². The van der Waals surface area contributed by atoms with E-state index in [0.717, 1.165) is 12.0 Å². The highest BCUT2D eigenvalue weighted by Gasteiger charge is 2.16. The maximum Gasteiger partial charge on any atom is 0.262 e. The fraction of sp³-hybridized carbons (Fsp3) is 0.174. The number of halogens is 1. The molecule has 0 saturated carbocycles. The number of hydrogen-bond acceptors (Lipinski definition) is 4. The summed E-state index contributed by atoms with van der Waals surface area (Å²) in [7, 11) is -3.74. The average Bonchev–Trinajstić information content (AvgIpc) is 2.78. The topological polar surface area (TPSA) is 84.5 Å². The Morgan fingerprint density at radius 3 is 2.32 bits per heavy atom. The highest BCUT2D eigenvalue weighted by molar-refractivity contribution is 7.89. The Morgan fingerprint density at radius 1 is 0.968 bits per heavy atom. The number of benzene rings is 3. The summed E-state index contributed by atoms with van der Waals surface area (Å²) in [6, 6.07) is 20.8. The Labute approximate surface area is 187 Å². The third-order valence-electron chi connectivity index (χ3n) is 4.53. The van der Waals surface area contributed by atoms with Crippen LogP contribution in [-0.2, 0) is 27.8 Å². The molecule has 8 heteroatoms. The fourth-order valence-electron chi connectivity index (χ4n) is 2.79. The molecule has 3 rings (SSSR count). The number of ether oxygens (including phenoxy) is 1. The number of aryl methyl sites for hydroxylation is 1. The number of carbonyl (C=O) groups is 1. The first-order valence-electron chi connectivity index (χ1n) is 9.72. The number of carbonyl (C=O) groups excluding carboxylic acids is 1. The van der Waals surface area contributed by atoms with Crippen LogP contribution < -0.4 is 14.8 Å². The first kappa shape index (κ1) is 22.8. The van der Waals surface area contributed by atoms with Crippen molar-refractivity contribution in [1.29, 1.82) is 0 Å². The highest BCUT2D eigenvalue weighted by atomic mass is 35.5. The predicted molar refractivity (Wildman–Crippen MR) is 122 cm³/mol. The standard InChI is InChI=1S/C23H23ClN2O4S/c1-2-17-8-10-19(11-9-17)26-23(27)16-30-22-13-12-20(14-21(22)24)31(28,29)25-15-18-6-4-3-5-7-18/h3-14,25H,2,15-16H2,1H3,(H,26,27). The minimum atomic E-state index is -3.74. The molecule has 0 bridgehead atoms. The first-order valence-corrected chi connectivity index (χ1v) is 11.6. The Kier molecular flexibility index (Phi) is 7.68. The van der Waals surface area contributed by atoms with Crippen LogP contribution in [0.4, 0.5) is 5.69 Å². The van der Waals surface area contributed by atoms with Gasteiger partial charge in [-0.25, -0.2) is 13.1 Å². The van der Waals surface area contributed by atoms with Crippen LogP contribution in [0.2, 0.25) is 5.02 Å². The molecular formula is C23H23ClN2O4S. The summed E-state index contributed by atoms with van der Waals surface area (Å²) in [6.07, 6.45) is 0.920. The molecule has 0 aromatic heterocycles. The van der Waals surface area contributed by atoms with E-state index in [9.17, 15) is 13.2 Å². The molecule has 0 heterocycles. The zero-order chi connectivity index (χ0) is 22.3. The molecule has 0 spiro atoms. The van der Waals surface area contributed by atoms with E-state index in [0.29, 0.717) is 5.69 Å². The van der Waals surface area contributed by atoms with Crippen molar-refractivity contribution in [3.63, 3.8) is 0 Å². The van der Waals surface area contributed by atoms with Gasteiger partial charge in [-0.1, -0.05) is 61.0 Å². The van der Waals surface area contributed by atoms with Crippen LogP contribution in [0.5, 0.6) is 5.75 Å². The summed E-state index contributed by atoms with van der Waals surface area (Å²) >= 11 is 6.18. The third kappa shape index (κ3) is 6.55. The monoisotopic (exact) mass is 458 g/mol. The number of amides is 1. The van der Waals surface area contributed by atoms with Crippen LogP contribution in [0.3, 0.4) is 0 Å². The van der Waals surface area contributed by atoms with Gasteiger partial charge in [0.05, 0.1) is 9.92 Å². The van der Waals surface area contributed by atoms with Crippen LogP contribution in [0, 0.1) is 0 Å². The molecular weight excluding hydrogens is 436 g/mol. The lowest BCUT2D eigenvalue weighted by Gasteiger charge is -2.11. The van der Waals surface area contributed by atoms with E-state index in [1.54, 1.807) is 0 Å². The number of sulfonamides is 1. The van der Waals surface area contributed by atoms with E-state index in [-0.39, 0.29) is 34.7 Å². The summed E-state index contributed by atoms with van der Waals surface area (Å²) in [5.74, 6) is -0.123. The molecule has 0 aliphatic carbocycles. The van der Waals surface area contributed by atoms with Gasteiger partial charge in [0.1, 0.15) is 5.75 Å². The maximum absolute atomic E-state index is 12.5. The Bertz CT molecular complexity index is 1130. The van der Waals surface area contributed by atoms with Crippen molar-refractivity contribution in [2.45, 2.75) is 24.8 Å². The van der Waals surface area contributed by atoms with Gasteiger partial charge in [0.2, 0.25) is 10.0 Å². The van der Waals surface area contributed by atoms with Gasteiger partial charge in [0.25, 0.3) is 5.91 Å². The fourth-order valence-corrected chi connectivity index (χ4v) is 4.13. The minimum Gasteiger partial charge on any atom is -0.482 e. The molecule has 2 N–H and O–H groups in total. The van der Waals surface area contributed by atoms with Crippen molar-refractivity contribution in [2.75, 3.05) is 11.9 Å². The molecule has 0 fully saturated rings. The second-order valence-electron chi connectivity index (χ2n) is 6.79. The molecule has 0 aliphatic rings. The van der Waals surface area contributed by atoms with E-state index < -0.39 is 10.0 Å². The van der Waals surface area contributed by atoms with Gasteiger partial charge < -0.3 is 10.1 Å². The smallest absolute Gasteiger partial charge is 0.262 e. The molecule has 3 aromatic carbocycles. The van der Waals surface area contributed by atoms with E-state index in [1.807, 2.05) is 54.6 Å². The van der Waals surface area contributed by atoms with Gasteiger partial charge in [-0.2, -0.15) is 0 Å². The van der Waals surface area contributed by atoms with Crippen LogP contribution in [-0.4, -0.2) is 20.9 Å². The zero-order valence-electron chi connectivity index (χ0n) is 17.0. The van der Waals surface area contributed by atoms with Gasteiger partial charge >= 0.3 is 0 Å². The van der Waals surface area contributed by atoms with Gasteiger partial charge in [-0.15, -0.1) is 0 Å². The number of anilines is 1. The Hall–Kier alpha value is -2.87. The minimum absolute atomic E-state index is 0.0150. The Morgan fingerprint density at radius 2 is 1.68 bits per heavy atom. The predicted octanol–water partition coefficient (Wildman–Crippen LogP) is 4.40. The number of hydrogen-bond donors (Lipinski definition) is 2. The van der Waals surface area contributed by atoms with E-state index in [4.69, 9.17) is 16.3 Å². The summed E-state index contributed by atoms with van der Waals surface area (Å²) in [6.45, 7) is 1.97. The number of rotatable bonds is 9. The molecule has 6 nitrogen and oxygen atoms in total. The molecule has 0 atom stereocenters. The summed E-state index contributed by atoms with van der Waals surface area (Å²) in [5, 5.41) is 2.84. The van der Waals surface area contributed by atoms with E-state index >= 15 is 0 Å². The van der Waals surface area contributed by atoms with Gasteiger partial charge in [0, 0.05) is 12.2 Å². The molecule has 0 unspecified atom stereocenters. The summed E-state index contributed by atoms with van der Waals surface area (Å²) in [4.78, 5) is 12.1. The normalized spacial score (nSPS) is 11.2. The SMILES string of the molecule is CCc1ccc(NC(=O)COc2ccc(S(=O)(=O)NCc3ccccc3)cc2Cl)cc1. The zero-order valence-corrected chi connectivity index (χ0v) is 18.5. The van der Waals surface area contributed by atoms with Crippen molar-refractivity contribution in [2.24, 2.45) is 0 Å². The Balaban J connectivity index is 1.57. The van der Waals surface area contributed by atoms with Crippen LogP contribution in [0.1, 0.15) is 18.1 Å². The van der Waals surface area contributed by atoms with Crippen LogP contribution in [0.25, 0.3) is 0 Å². The number of nitrogens with one attached hydrogen (secondary N) is 2. The molecule has 0 radical (unpaired) electrons. The summed E-state index contributed by atoms with van der Waals surface area (Å²) in [5.41, 5.74) is 2.68. The molecule has 31 heavy (non-hydrogen) atoms. The van der Waals surface area contributed by atoms with Crippen LogP contribution >= 0.6 is 11.6 Å². The second kappa shape index (κ2) is 10.4. The van der Waals surface area contributed by atoms with Gasteiger partial charge in [-0.05, 0) is 47.9 Å². The molecule has 162 valence electrons. The first-order chi connectivity index (χ1) is 14.9. The van der Waals surface area contributed by atoms with E-state index in [1.165, 1.54) is 23.8 Å². The molecule has 0 aliphatic heterocycles. The highest BCUT2D eigenvalue weighted by Crippen LogP contribution is 2.27. The quantitative estimate of drug-likeness (QED) is 0.497. The molecule has 1 amide bonds. The van der Waals surface area contributed by atoms with Gasteiger partial charge in [-0.3, -0.25) is 4.79 Å². The third-order valence-corrected chi connectivity index (χ3v) is 6.22. The van der Waals surface area contributed by atoms with Crippen molar-refractivity contribution in [1.82, 2.24) is 4.72 Å². The maximum atomic E-state index is 12.5. The van der Waals surface area contributed by atoms with Gasteiger partial charge in [0.15, 0.2) is 6.61 Å². The average molecular weight is 459 g/mol. The lowest BCUT2D eigenvalue weighted by Crippen LogP contribution is -2.23. The van der Waals surface area contributed by atoms with Crippen molar-refractivity contribution < 1.29 is 17.9 Å². The lowest BCUT2D eigenvalue weighted by molar-refractivity contribution is -0.118. The van der Waals surface area contributed by atoms with Crippen LogP contribution in [0.15, 0.2) is 77.7 Å². The molecule has 3 aromatic rings. The van der Waals surface area contributed by atoms with E-state index in [2.05, 4.69) is 17.0 Å². The molecule has 0 saturated heterocycles. The lowest BCUT2D eigenvalue weighted by atomic mass is 10.1. The summed E-state index contributed by atoms with van der Waals surface area (Å²) < 4.78 is 33.0.